The van der Waals surface area contributed by atoms with Gasteiger partial charge in [-0.1, -0.05) is 20.3 Å². The van der Waals surface area contributed by atoms with Gasteiger partial charge < -0.3 is 10.1 Å². The number of nitrogens with one attached hydrogen (secondary N) is 1. The molecule has 0 aromatic carbocycles. The largest absolute Gasteiger partial charge is 0.383 e. The van der Waals surface area contributed by atoms with Crippen LogP contribution in [0.15, 0.2) is 0 Å². The van der Waals surface area contributed by atoms with Gasteiger partial charge in [0.25, 0.3) is 0 Å². The van der Waals surface area contributed by atoms with E-state index in [1.807, 2.05) is 7.05 Å². The molecule has 0 aromatic heterocycles. The summed E-state index contributed by atoms with van der Waals surface area (Å²) in [5, 5.41) is 3.38. The number of likely N-dealkylation sites (N-methyl/N-ethyl adjacent to an activating group) is 1. The first-order valence-electron chi connectivity index (χ1n) is 5.85. The van der Waals surface area contributed by atoms with Crippen molar-refractivity contribution in [2.45, 2.75) is 39.2 Å². The number of hydrogen-bond acceptors (Lipinski definition) is 2. The Morgan fingerprint density at radius 2 is 2.00 bits per heavy atom. The molecule has 0 spiro atoms. The van der Waals surface area contributed by atoms with Gasteiger partial charge in [-0.25, -0.2) is 0 Å². The lowest BCUT2D eigenvalue weighted by Gasteiger charge is -2.36. The quantitative estimate of drug-likeness (QED) is 0.750. The van der Waals surface area contributed by atoms with Crippen LogP contribution >= 0.6 is 0 Å². The zero-order chi connectivity index (χ0) is 10.6. The Morgan fingerprint density at radius 1 is 1.29 bits per heavy atom. The van der Waals surface area contributed by atoms with Crippen LogP contribution in [0.3, 0.4) is 0 Å². The van der Waals surface area contributed by atoms with E-state index >= 15 is 0 Å². The minimum Gasteiger partial charge on any atom is -0.383 e. The van der Waals surface area contributed by atoms with Crippen LogP contribution in [0.4, 0.5) is 0 Å². The Morgan fingerprint density at radius 3 is 2.50 bits per heavy atom. The third-order valence-electron chi connectivity index (χ3n) is 3.92. The fourth-order valence-electron chi connectivity index (χ4n) is 2.59. The van der Waals surface area contributed by atoms with Crippen LogP contribution in [0.2, 0.25) is 0 Å². The highest BCUT2D eigenvalue weighted by molar-refractivity contribution is 4.82. The highest BCUT2D eigenvalue weighted by Gasteiger charge is 2.29. The van der Waals surface area contributed by atoms with E-state index in [1.165, 1.54) is 19.3 Å². The minimum atomic E-state index is 0.551. The molecule has 1 aliphatic rings. The average Bonchev–Trinajstić information content (AvgIpc) is 2.19. The van der Waals surface area contributed by atoms with Gasteiger partial charge in [0.2, 0.25) is 0 Å². The summed E-state index contributed by atoms with van der Waals surface area (Å²) in [5.74, 6) is 2.60. The lowest BCUT2D eigenvalue weighted by Crippen LogP contribution is -2.40. The van der Waals surface area contributed by atoms with E-state index in [0.29, 0.717) is 6.04 Å². The second kappa shape index (κ2) is 5.72. The van der Waals surface area contributed by atoms with Gasteiger partial charge in [0.15, 0.2) is 0 Å². The molecule has 0 aliphatic heterocycles. The van der Waals surface area contributed by atoms with Crippen molar-refractivity contribution in [3.05, 3.63) is 0 Å². The zero-order valence-corrected chi connectivity index (χ0v) is 10.0. The third-order valence-corrected chi connectivity index (χ3v) is 3.92. The number of rotatable bonds is 4. The first-order valence-corrected chi connectivity index (χ1v) is 5.85. The number of hydrogen-bond donors (Lipinski definition) is 1. The maximum atomic E-state index is 5.25. The molecule has 0 heterocycles. The molecule has 1 rings (SSSR count). The first-order chi connectivity index (χ1) is 6.69. The van der Waals surface area contributed by atoms with Gasteiger partial charge in [-0.2, -0.15) is 0 Å². The van der Waals surface area contributed by atoms with Crippen molar-refractivity contribution < 1.29 is 4.74 Å². The molecule has 0 bridgehead atoms. The van der Waals surface area contributed by atoms with Crippen molar-refractivity contribution in [1.29, 1.82) is 0 Å². The Bertz CT molecular complexity index is 160. The van der Waals surface area contributed by atoms with Crippen LogP contribution in [0, 0.1) is 17.8 Å². The summed E-state index contributed by atoms with van der Waals surface area (Å²) in [4.78, 5) is 0. The Hall–Kier alpha value is -0.0800. The highest BCUT2D eigenvalue weighted by atomic mass is 16.5. The predicted molar refractivity (Wildman–Crippen MR) is 60.4 cm³/mol. The molecule has 14 heavy (non-hydrogen) atoms. The molecule has 1 fully saturated rings. The SMILES string of the molecule is CNC(COC)C1CCC(C)C(C)C1. The number of methoxy groups -OCH3 is 1. The smallest absolute Gasteiger partial charge is 0.0618 e. The third kappa shape index (κ3) is 2.96. The monoisotopic (exact) mass is 199 g/mol. The van der Waals surface area contributed by atoms with Crippen LogP contribution in [0.25, 0.3) is 0 Å². The van der Waals surface area contributed by atoms with Crippen molar-refractivity contribution in [3.63, 3.8) is 0 Å². The van der Waals surface area contributed by atoms with Gasteiger partial charge >= 0.3 is 0 Å². The van der Waals surface area contributed by atoms with Crippen LogP contribution in [0.5, 0.6) is 0 Å². The van der Waals surface area contributed by atoms with E-state index in [2.05, 4.69) is 19.2 Å². The summed E-state index contributed by atoms with van der Waals surface area (Å²) in [7, 11) is 3.84. The Balaban J connectivity index is 2.43. The molecule has 84 valence electrons. The summed E-state index contributed by atoms with van der Waals surface area (Å²) in [6.45, 7) is 5.62. The van der Waals surface area contributed by atoms with Gasteiger partial charge in [0.05, 0.1) is 6.61 Å². The van der Waals surface area contributed by atoms with E-state index in [-0.39, 0.29) is 0 Å². The summed E-state index contributed by atoms with van der Waals surface area (Å²) in [6, 6.07) is 0.551. The summed E-state index contributed by atoms with van der Waals surface area (Å²) in [5.41, 5.74) is 0. The van der Waals surface area contributed by atoms with E-state index in [9.17, 15) is 0 Å². The highest BCUT2D eigenvalue weighted by Crippen LogP contribution is 2.34. The average molecular weight is 199 g/mol. The van der Waals surface area contributed by atoms with E-state index in [0.717, 1.165) is 24.4 Å². The molecule has 4 atom stereocenters. The van der Waals surface area contributed by atoms with Crippen molar-refractivity contribution in [3.8, 4) is 0 Å². The van der Waals surface area contributed by atoms with Gasteiger partial charge in [-0.05, 0) is 37.6 Å². The minimum absolute atomic E-state index is 0.551. The summed E-state index contributed by atoms with van der Waals surface area (Å²) in [6.07, 6.45) is 4.10. The maximum absolute atomic E-state index is 5.25. The van der Waals surface area contributed by atoms with Crippen LogP contribution in [-0.2, 0) is 4.74 Å². The normalized spacial score (nSPS) is 35.6. The van der Waals surface area contributed by atoms with Gasteiger partial charge in [-0.3, -0.25) is 0 Å². The molecular formula is C12H25NO. The molecule has 2 nitrogen and oxygen atoms in total. The van der Waals surface area contributed by atoms with Crippen molar-refractivity contribution in [1.82, 2.24) is 5.32 Å². The lowest BCUT2D eigenvalue weighted by atomic mass is 9.73. The van der Waals surface area contributed by atoms with Crippen molar-refractivity contribution in [2.75, 3.05) is 20.8 Å². The van der Waals surface area contributed by atoms with Gasteiger partial charge in [0.1, 0.15) is 0 Å². The summed E-state index contributed by atoms with van der Waals surface area (Å²) < 4.78 is 5.25. The molecule has 0 aromatic rings. The lowest BCUT2D eigenvalue weighted by molar-refractivity contribution is 0.104. The first kappa shape index (κ1) is 12.0. The fourth-order valence-corrected chi connectivity index (χ4v) is 2.59. The van der Waals surface area contributed by atoms with E-state index in [1.54, 1.807) is 7.11 Å². The zero-order valence-electron chi connectivity index (χ0n) is 10.0. The van der Waals surface area contributed by atoms with Crippen LogP contribution in [0.1, 0.15) is 33.1 Å². The molecule has 4 unspecified atom stereocenters. The molecular weight excluding hydrogens is 174 g/mol. The van der Waals surface area contributed by atoms with Crippen LogP contribution < -0.4 is 5.32 Å². The van der Waals surface area contributed by atoms with Crippen molar-refractivity contribution in [2.24, 2.45) is 17.8 Å². The molecule has 0 saturated heterocycles. The second-order valence-electron chi connectivity index (χ2n) is 4.88. The van der Waals surface area contributed by atoms with Crippen LogP contribution in [-0.4, -0.2) is 26.8 Å². The maximum Gasteiger partial charge on any atom is 0.0618 e. The van der Waals surface area contributed by atoms with Crippen molar-refractivity contribution >= 4 is 0 Å². The topological polar surface area (TPSA) is 21.3 Å². The van der Waals surface area contributed by atoms with E-state index < -0.39 is 0 Å². The molecule has 2 heteroatoms. The standard InChI is InChI=1S/C12H25NO/c1-9-5-6-11(7-10(9)2)12(13-3)8-14-4/h9-13H,5-8H2,1-4H3. The predicted octanol–water partition coefficient (Wildman–Crippen LogP) is 2.29. The van der Waals surface area contributed by atoms with E-state index in [4.69, 9.17) is 4.74 Å². The van der Waals surface area contributed by atoms with Gasteiger partial charge in [0, 0.05) is 13.2 Å². The Labute approximate surface area is 88.4 Å². The molecule has 1 saturated carbocycles. The summed E-state index contributed by atoms with van der Waals surface area (Å²) >= 11 is 0. The second-order valence-corrected chi connectivity index (χ2v) is 4.88. The van der Waals surface area contributed by atoms with Gasteiger partial charge in [-0.15, -0.1) is 0 Å². The number of ether oxygens (including phenoxy) is 1. The fraction of sp³-hybridized carbons (Fsp3) is 1.00. The molecule has 1 N–H and O–H groups in total. The molecule has 0 amide bonds. The Kier molecular flexibility index (Phi) is 4.90. The molecule has 0 radical (unpaired) electrons. The molecule has 1 aliphatic carbocycles.